The molecule has 18 heavy (non-hydrogen) atoms. The van der Waals surface area contributed by atoms with Gasteiger partial charge in [-0.05, 0) is 38.0 Å². The van der Waals surface area contributed by atoms with Crippen LogP contribution in [0.4, 0.5) is 5.69 Å². The zero-order valence-electron chi connectivity index (χ0n) is 10.8. The van der Waals surface area contributed by atoms with Crippen molar-refractivity contribution in [2.45, 2.75) is 25.8 Å². The standard InChI is InChI=1S/C14H20N2O2/c1-2-18-14(17)11-4-3-5-13(10-11)16-8-6-12(15)7-9-16/h3-5,10,12H,2,6-9,15H2,1H3. The first kappa shape index (κ1) is 12.9. The Hall–Kier alpha value is -1.55. The molecular formula is C14H20N2O2. The van der Waals surface area contributed by atoms with E-state index in [1.165, 1.54) is 0 Å². The van der Waals surface area contributed by atoms with E-state index in [0.29, 0.717) is 18.2 Å². The van der Waals surface area contributed by atoms with Gasteiger partial charge in [0.05, 0.1) is 12.2 Å². The highest BCUT2D eigenvalue weighted by Gasteiger charge is 2.17. The number of nitrogens with two attached hydrogens (primary N) is 1. The van der Waals surface area contributed by atoms with Gasteiger partial charge in [-0.1, -0.05) is 6.07 Å². The van der Waals surface area contributed by atoms with Gasteiger partial charge in [-0.25, -0.2) is 4.79 Å². The zero-order valence-corrected chi connectivity index (χ0v) is 10.8. The normalized spacial score (nSPS) is 16.7. The summed E-state index contributed by atoms with van der Waals surface area (Å²) in [6.07, 6.45) is 2.01. The second-order valence-corrected chi connectivity index (χ2v) is 4.60. The molecule has 1 saturated heterocycles. The van der Waals surface area contributed by atoms with Crippen LogP contribution in [0.15, 0.2) is 24.3 Å². The molecule has 1 aliphatic heterocycles. The zero-order chi connectivity index (χ0) is 13.0. The van der Waals surface area contributed by atoms with Gasteiger partial charge in [0, 0.05) is 24.8 Å². The minimum atomic E-state index is -0.256. The molecule has 0 aliphatic carbocycles. The number of benzene rings is 1. The Morgan fingerprint density at radius 1 is 1.44 bits per heavy atom. The number of hydrogen-bond acceptors (Lipinski definition) is 4. The van der Waals surface area contributed by atoms with Gasteiger partial charge in [-0.15, -0.1) is 0 Å². The van der Waals surface area contributed by atoms with E-state index in [0.717, 1.165) is 31.6 Å². The number of anilines is 1. The summed E-state index contributed by atoms with van der Waals surface area (Å²) in [5, 5.41) is 0. The van der Waals surface area contributed by atoms with Crippen LogP contribution in [0.5, 0.6) is 0 Å². The third-order valence-corrected chi connectivity index (χ3v) is 3.26. The van der Waals surface area contributed by atoms with Crippen LogP contribution in [0.25, 0.3) is 0 Å². The number of carbonyl (C=O) groups excluding carboxylic acids is 1. The quantitative estimate of drug-likeness (QED) is 0.829. The average molecular weight is 248 g/mol. The predicted octanol–water partition coefficient (Wildman–Crippen LogP) is 1.79. The topological polar surface area (TPSA) is 55.6 Å². The SMILES string of the molecule is CCOC(=O)c1cccc(N2CCC(N)CC2)c1. The Balaban J connectivity index is 2.09. The van der Waals surface area contributed by atoms with Crippen LogP contribution in [-0.2, 0) is 4.74 Å². The van der Waals surface area contributed by atoms with Crippen molar-refractivity contribution in [2.24, 2.45) is 5.73 Å². The molecule has 1 aliphatic rings. The largest absolute Gasteiger partial charge is 0.462 e. The maximum atomic E-state index is 11.7. The third-order valence-electron chi connectivity index (χ3n) is 3.26. The fourth-order valence-corrected chi connectivity index (χ4v) is 2.20. The fourth-order valence-electron chi connectivity index (χ4n) is 2.20. The Kier molecular flexibility index (Phi) is 4.20. The van der Waals surface area contributed by atoms with E-state index in [1.54, 1.807) is 6.07 Å². The van der Waals surface area contributed by atoms with Gasteiger partial charge in [0.2, 0.25) is 0 Å². The number of nitrogens with zero attached hydrogens (tertiary/aromatic N) is 1. The Morgan fingerprint density at radius 3 is 2.83 bits per heavy atom. The first-order chi connectivity index (χ1) is 8.70. The van der Waals surface area contributed by atoms with E-state index < -0.39 is 0 Å². The highest BCUT2D eigenvalue weighted by Crippen LogP contribution is 2.21. The molecule has 4 heteroatoms. The van der Waals surface area contributed by atoms with Crippen LogP contribution in [0.1, 0.15) is 30.1 Å². The first-order valence-electron chi connectivity index (χ1n) is 6.48. The molecule has 1 aromatic rings. The van der Waals surface area contributed by atoms with Crippen molar-refractivity contribution in [2.75, 3.05) is 24.6 Å². The van der Waals surface area contributed by atoms with E-state index in [2.05, 4.69) is 4.90 Å². The molecule has 0 atom stereocenters. The number of piperidine rings is 1. The summed E-state index contributed by atoms with van der Waals surface area (Å²) in [6.45, 7) is 4.12. The van der Waals surface area contributed by atoms with Crippen molar-refractivity contribution in [3.63, 3.8) is 0 Å². The van der Waals surface area contributed by atoms with Crippen LogP contribution in [0, 0.1) is 0 Å². The van der Waals surface area contributed by atoms with E-state index in [4.69, 9.17) is 10.5 Å². The van der Waals surface area contributed by atoms with E-state index >= 15 is 0 Å². The van der Waals surface area contributed by atoms with Gasteiger partial charge in [-0.2, -0.15) is 0 Å². The summed E-state index contributed by atoms with van der Waals surface area (Å²) in [5.41, 5.74) is 7.58. The molecule has 0 amide bonds. The van der Waals surface area contributed by atoms with Gasteiger partial charge in [-0.3, -0.25) is 0 Å². The van der Waals surface area contributed by atoms with Crippen LogP contribution < -0.4 is 10.6 Å². The molecule has 0 saturated carbocycles. The Labute approximate surface area is 108 Å². The van der Waals surface area contributed by atoms with Crippen molar-refractivity contribution < 1.29 is 9.53 Å². The third kappa shape index (κ3) is 3.01. The van der Waals surface area contributed by atoms with Gasteiger partial charge in [0.25, 0.3) is 0 Å². The molecule has 1 aromatic carbocycles. The van der Waals surface area contributed by atoms with E-state index in [1.807, 2.05) is 25.1 Å². The van der Waals surface area contributed by atoms with Gasteiger partial charge < -0.3 is 15.4 Å². The lowest BCUT2D eigenvalue weighted by atomic mass is 10.0. The van der Waals surface area contributed by atoms with Gasteiger partial charge in [0.1, 0.15) is 0 Å². The molecule has 2 rings (SSSR count). The smallest absolute Gasteiger partial charge is 0.338 e. The minimum absolute atomic E-state index is 0.256. The van der Waals surface area contributed by atoms with Crippen molar-refractivity contribution in [3.05, 3.63) is 29.8 Å². The molecule has 0 radical (unpaired) electrons. The second-order valence-electron chi connectivity index (χ2n) is 4.60. The lowest BCUT2D eigenvalue weighted by Gasteiger charge is -2.32. The minimum Gasteiger partial charge on any atom is -0.462 e. The van der Waals surface area contributed by atoms with Crippen molar-refractivity contribution >= 4 is 11.7 Å². The number of hydrogen-bond donors (Lipinski definition) is 1. The number of ether oxygens (including phenoxy) is 1. The summed E-state index contributed by atoms with van der Waals surface area (Å²) >= 11 is 0. The maximum Gasteiger partial charge on any atom is 0.338 e. The summed E-state index contributed by atoms with van der Waals surface area (Å²) in [7, 11) is 0. The molecule has 0 unspecified atom stereocenters. The van der Waals surface area contributed by atoms with Crippen molar-refractivity contribution in [1.82, 2.24) is 0 Å². The van der Waals surface area contributed by atoms with Crippen LogP contribution in [0.2, 0.25) is 0 Å². The molecule has 0 aromatic heterocycles. The number of esters is 1. The Bertz CT molecular complexity index is 412. The lowest BCUT2D eigenvalue weighted by Crippen LogP contribution is -2.39. The van der Waals surface area contributed by atoms with Gasteiger partial charge >= 0.3 is 5.97 Å². The maximum absolute atomic E-state index is 11.7. The fraction of sp³-hybridized carbons (Fsp3) is 0.500. The van der Waals surface area contributed by atoms with Crippen LogP contribution in [-0.4, -0.2) is 31.7 Å². The van der Waals surface area contributed by atoms with Crippen molar-refractivity contribution in [3.8, 4) is 0 Å². The predicted molar refractivity (Wildman–Crippen MR) is 71.8 cm³/mol. The first-order valence-corrected chi connectivity index (χ1v) is 6.48. The molecule has 4 nitrogen and oxygen atoms in total. The van der Waals surface area contributed by atoms with E-state index in [9.17, 15) is 4.79 Å². The molecule has 1 heterocycles. The van der Waals surface area contributed by atoms with Crippen LogP contribution in [0.3, 0.4) is 0 Å². The average Bonchev–Trinajstić information content (AvgIpc) is 2.40. The number of rotatable bonds is 3. The van der Waals surface area contributed by atoms with E-state index in [-0.39, 0.29) is 5.97 Å². The lowest BCUT2D eigenvalue weighted by molar-refractivity contribution is 0.0526. The molecule has 0 bridgehead atoms. The summed E-state index contributed by atoms with van der Waals surface area (Å²) in [5.74, 6) is -0.256. The van der Waals surface area contributed by atoms with Gasteiger partial charge in [0.15, 0.2) is 0 Å². The highest BCUT2D eigenvalue weighted by atomic mass is 16.5. The monoisotopic (exact) mass is 248 g/mol. The molecule has 1 fully saturated rings. The second kappa shape index (κ2) is 5.87. The van der Waals surface area contributed by atoms with Crippen LogP contribution >= 0.6 is 0 Å². The molecule has 2 N–H and O–H groups in total. The summed E-state index contributed by atoms with van der Waals surface area (Å²) < 4.78 is 5.01. The number of carbonyl (C=O) groups is 1. The Morgan fingerprint density at radius 2 is 2.17 bits per heavy atom. The summed E-state index contributed by atoms with van der Waals surface area (Å²) in [6, 6.07) is 7.93. The summed E-state index contributed by atoms with van der Waals surface area (Å²) in [4.78, 5) is 13.9. The molecule has 0 spiro atoms. The van der Waals surface area contributed by atoms with Crippen molar-refractivity contribution in [1.29, 1.82) is 0 Å². The molecular weight excluding hydrogens is 228 g/mol. The molecule has 98 valence electrons. The highest BCUT2D eigenvalue weighted by molar-refractivity contribution is 5.90.